The summed E-state index contributed by atoms with van der Waals surface area (Å²) in [6.07, 6.45) is 0.665. The van der Waals surface area contributed by atoms with E-state index >= 15 is 0 Å². The summed E-state index contributed by atoms with van der Waals surface area (Å²) in [4.78, 5) is 0. The molecule has 21 heavy (non-hydrogen) atoms. The number of halogens is 2. The average Bonchev–Trinajstić information content (AvgIpc) is 2.50. The second kappa shape index (κ2) is 6.16. The molecule has 1 aliphatic rings. The van der Waals surface area contributed by atoms with Gasteiger partial charge >= 0.3 is 0 Å². The Balaban J connectivity index is 1.93. The summed E-state index contributed by atoms with van der Waals surface area (Å²) >= 11 is 3.19. The number of hydrogen-bond acceptors (Lipinski definition) is 2. The molecule has 0 bridgehead atoms. The van der Waals surface area contributed by atoms with Crippen LogP contribution in [0.15, 0.2) is 46.9 Å². The van der Waals surface area contributed by atoms with Gasteiger partial charge < -0.3 is 10.1 Å². The Bertz CT molecular complexity index is 646. The summed E-state index contributed by atoms with van der Waals surface area (Å²) in [6.45, 7) is 2.98. The van der Waals surface area contributed by atoms with Crippen molar-refractivity contribution in [2.24, 2.45) is 0 Å². The topological polar surface area (TPSA) is 21.3 Å². The molecule has 1 aliphatic heterocycles. The summed E-state index contributed by atoms with van der Waals surface area (Å²) in [6, 6.07) is 13.5. The van der Waals surface area contributed by atoms with Crippen LogP contribution in [0.3, 0.4) is 0 Å². The molecule has 1 N–H and O–H groups in total. The first-order valence-electron chi connectivity index (χ1n) is 7.13. The van der Waals surface area contributed by atoms with Crippen LogP contribution in [-0.4, -0.2) is 6.54 Å². The van der Waals surface area contributed by atoms with Crippen molar-refractivity contribution in [3.63, 3.8) is 0 Å². The minimum absolute atomic E-state index is 0.133. The fourth-order valence-electron chi connectivity index (χ4n) is 2.77. The zero-order valence-electron chi connectivity index (χ0n) is 11.8. The van der Waals surface area contributed by atoms with Crippen molar-refractivity contribution < 1.29 is 9.13 Å². The number of para-hydroxylation sites is 1. The van der Waals surface area contributed by atoms with Crippen LogP contribution >= 0.6 is 15.9 Å². The van der Waals surface area contributed by atoms with E-state index in [9.17, 15) is 4.39 Å². The maximum absolute atomic E-state index is 13.8. The van der Waals surface area contributed by atoms with E-state index in [0.29, 0.717) is 4.47 Å². The number of hydrogen-bond donors (Lipinski definition) is 1. The van der Waals surface area contributed by atoms with Gasteiger partial charge in [0.25, 0.3) is 0 Å². The van der Waals surface area contributed by atoms with Gasteiger partial charge in [-0.05, 0) is 46.2 Å². The Labute approximate surface area is 132 Å². The molecule has 0 aliphatic carbocycles. The van der Waals surface area contributed by atoms with Crippen LogP contribution in [0, 0.1) is 5.82 Å². The molecule has 0 saturated heterocycles. The van der Waals surface area contributed by atoms with Crippen molar-refractivity contribution in [2.75, 3.05) is 6.54 Å². The molecule has 0 spiro atoms. The predicted octanol–water partition coefficient (Wildman–Crippen LogP) is 4.76. The largest absolute Gasteiger partial charge is 0.485 e. The first kappa shape index (κ1) is 14.5. The monoisotopic (exact) mass is 349 g/mol. The van der Waals surface area contributed by atoms with Crippen LogP contribution in [0.4, 0.5) is 4.39 Å². The van der Waals surface area contributed by atoms with E-state index in [1.165, 1.54) is 5.56 Å². The second-order valence-corrected chi connectivity index (χ2v) is 6.02. The van der Waals surface area contributed by atoms with Crippen molar-refractivity contribution in [1.82, 2.24) is 5.32 Å². The van der Waals surface area contributed by atoms with E-state index in [2.05, 4.69) is 34.2 Å². The van der Waals surface area contributed by atoms with Gasteiger partial charge in [-0.25, -0.2) is 4.39 Å². The lowest BCUT2D eigenvalue weighted by Crippen LogP contribution is -2.29. The van der Waals surface area contributed by atoms with E-state index in [-0.39, 0.29) is 18.0 Å². The van der Waals surface area contributed by atoms with Crippen LogP contribution in [0.2, 0.25) is 0 Å². The second-order valence-electron chi connectivity index (χ2n) is 5.16. The molecule has 0 radical (unpaired) electrons. The molecule has 2 unspecified atom stereocenters. The summed E-state index contributed by atoms with van der Waals surface area (Å²) in [7, 11) is 0. The molecule has 0 saturated carbocycles. The van der Waals surface area contributed by atoms with E-state index < -0.39 is 0 Å². The quantitative estimate of drug-likeness (QED) is 0.862. The summed E-state index contributed by atoms with van der Waals surface area (Å²) in [5.41, 5.74) is 2.04. The zero-order valence-corrected chi connectivity index (χ0v) is 13.4. The molecule has 2 atom stereocenters. The smallest absolute Gasteiger partial charge is 0.137 e. The average molecular weight is 350 g/mol. The van der Waals surface area contributed by atoms with Crippen LogP contribution < -0.4 is 10.1 Å². The lowest BCUT2D eigenvalue weighted by molar-refractivity contribution is 0.152. The maximum Gasteiger partial charge on any atom is 0.137 e. The zero-order chi connectivity index (χ0) is 14.8. The van der Waals surface area contributed by atoms with Crippen molar-refractivity contribution in [3.05, 3.63) is 63.9 Å². The first-order valence-corrected chi connectivity index (χ1v) is 7.92. The van der Waals surface area contributed by atoms with Crippen molar-refractivity contribution in [2.45, 2.75) is 25.5 Å². The lowest BCUT2D eigenvalue weighted by atomic mass is 9.93. The Morgan fingerprint density at radius 1 is 1.29 bits per heavy atom. The molecule has 2 aromatic carbocycles. The van der Waals surface area contributed by atoms with Gasteiger partial charge in [-0.2, -0.15) is 0 Å². The van der Waals surface area contributed by atoms with Crippen LogP contribution in [0.5, 0.6) is 5.75 Å². The minimum Gasteiger partial charge on any atom is -0.485 e. The molecule has 4 heteroatoms. The fraction of sp³-hybridized carbons (Fsp3) is 0.294. The highest BCUT2D eigenvalue weighted by atomic mass is 79.9. The lowest BCUT2D eigenvalue weighted by Gasteiger charge is -2.33. The van der Waals surface area contributed by atoms with Crippen LogP contribution in [-0.2, 0) is 0 Å². The van der Waals surface area contributed by atoms with E-state index in [4.69, 9.17) is 4.74 Å². The van der Waals surface area contributed by atoms with Gasteiger partial charge in [0.2, 0.25) is 0 Å². The minimum atomic E-state index is -0.255. The highest BCUT2D eigenvalue weighted by Gasteiger charge is 2.28. The summed E-state index contributed by atoms with van der Waals surface area (Å²) < 4.78 is 20.3. The molecule has 0 amide bonds. The normalized spacial score (nSPS) is 20.7. The third-order valence-corrected chi connectivity index (χ3v) is 4.42. The number of nitrogens with one attached hydrogen (secondary N) is 1. The standard InChI is InChI=1S/C17H17BrFNO/c1-2-20-15-10-17(11-7-8-13(18)14(19)9-11)21-16-6-4-3-5-12(15)16/h3-9,15,17,20H,2,10H2,1H3. The van der Waals surface area contributed by atoms with Gasteiger partial charge in [0, 0.05) is 18.0 Å². The number of rotatable bonds is 3. The van der Waals surface area contributed by atoms with E-state index in [0.717, 1.165) is 24.3 Å². The molecule has 3 rings (SSSR count). The van der Waals surface area contributed by atoms with Crippen molar-refractivity contribution in [1.29, 1.82) is 0 Å². The van der Waals surface area contributed by atoms with Crippen LogP contribution in [0.25, 0.3) is 0 Å². The molecule has 0 aromatic heterocycles. The van der Waals surface area contributed by atoms with Gasteiger partial charge in [0.1, 0.15) is 17.7 Å². The Kier molecular flexibility index (Phi) is 4.27. The van der Waals surface area contributed by atoms with Gasteiger partial charge in [0.15, 0.2) is 0 Å². The highest BCUT2D eigenvalue weighted by Crippen LogP contribution is 2.40. The molecule has 0 fully saturated rings. The molecular weight excluding hydrogens is 333 g/mol. The SMILES string of the molecule is CCNC1CC(c2ccc(Br)c(F)c2)Oc2ccccc21. The van der Waals surface area contributed by atoms with Crippen molar-refractivity contribution in [3.8, 4) is 5.75 Å². The third-order valence-electron chi connectivity index (χ3n) is 3.78. The Morgan fingerprint density at radius 3 is 2.86 bits per heavy atom. The molecule has 1 heterocycles. The van der Waals surface area contributed by atoms with E-state index in [1.54, 1.807) is 12.1 Å². The molecule has 2 aromatic rings. The predicted molar refractivity (Wildman–Crippen MR) is 84.9 cm³/mol. The van der Waals surface area contributed by atoms with Gasteiger partial charge in [0.05, 0.1) is 4.47 Å². The van der Waals surface area contributed by atoms with Gasteiger partial charge in [-0.3, -0.25) is 0 Å². The molecular formula is C17H17BrFNO. The van der Waals surface area contributed by atoms with Crippen molar-refractivity contribution >= 4 is 15.9 Å². The van der Waals surface area contributed by atoms with Crippen LogP contribution in [0.1, 0.15) is 36.6 Å². The first-order chi connectivity index (χ1) is 10.2. The molecule has 110 valence electrons. The Morgan fingerprint density at radius 2 is 2.10 bits per heavy atom. The number of fused-ring (bicyclic) bond motifs is 1. The number of benzene rings is 2. The van der Waals surface area contributed by atoms with E-state index in [1.807, 2.05) is 24.3 Å². The highest BCUT2D eigenvalue weighted by molar-refractivity contribution is 9.10. The number of ether oxygens (including phenoxy) is 1. The summed E-state index contributed by atoms with van der Waals surface area (Å²) in [5.74, 6) is 0.623. The van der Waals surface area contributed by atoms with Gasteiger partial charge in [-0.1, -0.05) is 31.2 Å². The van der Waals surface area contributed by atoms with Gasteiger partial charge in [-0.15, -0.1) is 0 Å². The molecule has 2 nitrogen and oxygen atoms in total. The third kappa shape index (κ3) is 2.97. The fourth-order valence-corrected chi connectivity index (χ4v) is 3.02. The maximum atomic E-state index is 13.8. The Hall–Kier alpha value is -1.39. The summed E-state index contributed by atoms with van der Waals surface area (Å²) in [5, 5.41) is 3.48.